The number of thiazole rings is 1. The summed E-state index contributed by atoms with van der Waals surface area (Å²) in [5, 5.41) is 7.46. The molecule has 0 atom stereocenters. The van der Waals surface area contributed by atoms with E-state index in [9.17, 15) is 8.78 Å². The average molecular weight is 397 g/mol. The molecule has 1 heterocycles. The second kappa shape index (κ2) is 10.2. The molecule has 0 bridgehead atoms. The van der Waals surface area contributed by atoms with E-state index < -0.39 is 6.61 Å². The summed E-state index contributed by atoms with van der Waals surface area (Å²) in [7, 11) is 1.67. The van der Waals surface area contributed by atoms with E-state index in [0.29, 0.717) is 24.6 Å². The summed E-state index contributed by atoms with van der Waals surface area (Å²) in [6.45, 7) is 4.27. The third-order valence-corrected chi connectivity index (χ3v) is 5.08. The van der Waals surface area contributed by atoms with E-state index in [1.165, 1.54) is 4.88 Å². The lowest BCUT2D eigenvalue weighted by Gasteiger charge is -2.15. The molecule has 0 aliphatic rings. The Morgan fingerprint density at radius 2 is 2.07 bits per heavy atom. The van der Waals surface area contributed by atoms with Crippen molar-refractivity contribution in [2.45, 2.75) is 46.8 Å². The van der Waals surface area contributed by atoms with Crippen LogP contribution in [0.2, 0.25) is 0 Å². The lowest BCUT2D eigenvalue weighted by molar-refractivity contribution is -0.0504. The Balaban J connectivity index is 1.89. The van der Waals surface area contributed by atoms with Gasteiger partial charge in [-0.15, -0.1) is 11.3 Å². The maximum absolute atomic E-state index is 12.6. The fourth-order valence-corrected chi connectivity index (χ4v) is 3.69. The zero-order chi connectivity index (χ0) is 19.8. The van der Waals surface area contributed by atoms with Crippen LogP contribution in [0.4, 0.5) is 8.78 Å². The molecule has 148 valence electrons. The first-order chi connectivity index (χ1) is 12.9. The number of guanidine groups is 1. The lowest BCUT2D eigenvalue weighted by atomic mass is 10.1. The minimum atomic E-state index is -2.85. The molecule has 0 aliphatic heterocycles. The van der Waals surface area contributed by atoms with Gasteiger partial charge in [-0.25, -0.2) is 4.98 Å². The number of hydrogen-bond donors (Lipinski definition) is 2. The first kappa shape index (κ1) is 21.1. The van der Waals surface area contributed by atoms with Crippen molar-refractivity contribution < 1.29 is 13.5 Å². The van der Waals surface area contributed by atoms with Crippen LogP contribution < -0.4 is 15.4 Å². The second-order valence-electron chi connectivity index (χ2n) is 6.06. The molecule has 0 saturated heterocycles. The normalized spacial score (nSPS) is 11.7. The standard InChI is InChI=1S/C19H26F2N4OS/c1-5-15-13(3)27-17(25-15)8-9-23-19(22-4)24-11-14-10-12(2)6-7-16(14)26-18(20)21/h6-7,10,18H,5,8-9,11H2,1-4H3,(H2,22,23,24). The maximum atomic E-state index is 12.6. The van der Waals surface area contributed by atoms with Gasteiger partial charge in [0, 0.05) is 37.0 Å². The molecule has 0 amide bonds. The molecule has 0 fully saturated rings. The van der Waals surface area contributed by atoms with Crippen LogP contribution in [0.1, 0.15) is 33.6 Å². The lowest BCUT2D eigenvalue weighted by Crippen LogP contribution is -2.38. The van der Waals surface area contributed by atoms with Gasteiger partial charge < -0.3 is 15.4 Å². The predicted octanol–water partition coefficient (Wildman–Crippen LogP) is 3.83. The van der Waals surface area contributed by atoms with Crippen LogP contribution in [0.5, 0.6) is 5.75 Å². The van der Waals surface area contributed by atoms with Crippen molar-refractivity contribution >= 4 is 17.3 Å². The van der Waals surface area contributed by atoms with Crippen LogP contribution in [-0.2, 0) is 19.4 Å². The topological polar surface area (TPSA) is 58.5 Å². The van der Waals surface area contributed by atoms with Crippen molar-refractivity contribution in [3.8, 4) is 5.75 Å². The third-order valence-electron chi connectivity index (χ3n) is 4.01. The summed E-state index contributed by atoms with van der Waals surface area (Å²) in [5.41, 5.74) is 2.78. The Hall–Kier alpha value is -2.22. The molecule has 2 N–H and O–H groups in total. The molecule has 5 nitrogen and oxygen atoms in total. The second-order valence-corrected chi connectivity index (χ2v) is 7.34. The minimum Gasteiger partial charge on any atom is -0.434 e. The number of aromatic nitrogens is 1. The van der Waals surface area contributed by atoms with Crippen molar-refractivity contribution in [2.24, 2.45) is 4.99 Å². The number of ether oxygens (including phenoxy) is 1. The van der Waals surface area contributed by atoms with Crippen molar-refractivity contribution in [1.82, 2.24) is 15.6 Å². The summed E-state index contributed by atoms with van der Waals surface area (Å²) < 4.78 is 29.7. The molecule has 2 rings (SSSR count). The molecule has 0 spiro atoms. The molecule has 1 aromatic heterocycles. The zero-order valence-corrected chi connectivity index (χ0v) is 16.9. The first-order valence-electron chi connectivity index (χ1n) is 8.87. The Kier molecular flexibility index (Phi) is 7.97. The molecule has 0 unspecified atom stereocenters. The summed E-state index contributed by atoms with van der Waals surface area (Å²) in [6, 6.07) is 5.13. The zero-order valence-electron chi connectivity index (χ0n) is 16.1. The Labute approximate surface area is 162 Å². The Morgan fingerprint density at radius 3 is 2.70 bits per heavy atom. The van der Waals surface area contributed by atoms with Gasteiger partial charge in [0.25, 0.3) is 0 Å². The van der Waals surface area contributed by atoms with Crippen molar-refractivity contribution in [2.75, 3.05) is 13.6 Å². The van der Waals surface area contributed by atoms with E-state index in [1.54, 1.807) is 30.5 Å². The SMILES string of the molecule is CCc1nc(CCNC(=NC)NCc2cc(C)ccc2OC(F)F)sc1C. The number of rotatable bonds is 8. The maximum Gasteiger partial charge on any atom is 0.387 e. The van der Waals surface area contributed by atoms with Crippen LogP contribution in [0.3, 0.4) is 0 Å². The van der Waals surface area contributed by atoms with Gasteiger partial charge in [0.2, 0.25) is 0 Å². The van der Waals surface area contributed by atoms with Gasteiger partial charge in [-0.3, -0.25) is 4.99 Å². The fraction of sp³-hybridized carbons (Fsp3) is 0.474. The fourth-order valence-electron chi connectivity index (χ4n) is 2.67. The average Bonchev–Trinajstić information content (AvgIpc) is 2.99. The van der Waals surface area contributed by atoms with Crippen LogP contribution in [0.25, 0.3) is 0 Å². The number of nitrogens with one attached hydrogen (secondary N) is 2. The van der Waals surface area contributed by atoms with E-state index in [0.717, 1.165) is 29.1 Å². The smallest absolute Gasteiger partial charge is 0.387 e. The quantitative estimate of drug-likeness (QED) is 0.526. The number of benzene rings is 1. The molecule has 2 aromatic rings. The molecule has 1 aromatic carbocycles. The largest absolute Gasteiger partial charge is 0.434 e. The molecule has 0 aliphatic carbocycles. The Morgan fingerprint density at radius 1 is 1.30 bits per heavy atom. The van der Waals surface area contributed by atoms with E-state index in [4.69, 9.17) is 0 Å². The monoisotopic (exact) mass is 396 g/mol. The van der Waals surface area contributed by atoms with Crippen LogP contribution in [0.15, 0.2) is 23.2 Å². The highest BCUT2D eigenvalue weighted by atomic mass is 32.1. The number of halogens is 2. The van der Waals surface area contributed by atoms with Gasteiger partial charge in [-0.05, 0) is 26.3 Å². The van der Waals surface area contributed by atoms with Crippen molar-refractivity contribution in [3.05, 3.63) is 44.9 Å². The number of alkyl halides is 2. The highest BCUT2D eigenvalue weighted by molar-refractivity contribution is 7.11. The summed E-state index contributed by atoms with van der Waals surface area (Å²) in [6.07, 6.45) is 1.74. The number of nitrogens with zero attached hydrogens (tertiary/aromatic N) is 2. The van der Waals surface area contributed by atoms with Gasteiger partial charge in [0.1, 0.15) is 5.75 Å². The summed E-state index contributed by atoms with van der Waals surface area (Å²) in [5.74, 6) is 0.771. The van der Waals surface area contributed by atoms with E-state index in [1.807, 2.05) is 13.0 Å². The van der Waals surface area contributed by atoms with E-state index in [-0.39, 0.29) is 5.75 Å². The van der Waals surface area contributed by atoms with E-state index in [2.05, 4.69) is 39.2 Å². The minimum absolute atomic E-state index is 0.170. The van der Waals surface area contributed by atoms with Gasteiger partial charge in [0.05, 0.1) is 10.7 Å². The molecule has 27 heavy (non-hydrogen) atoms. The van der Waals surface area contributed by atoms with Crippen molar-refractivity contribution in [1.29, 1.82) is 0 Å². The van der Waals surface area contributed by atoms with Crippen molar-refractivity contribution in [3.63, 3.8) is 0 Å². The molecule has 8 heteroatoms. The number of hydrogen-bond acceptors (Lipinski definition) is 4. The van der Waals surface area contributed by atoms with Gasteiger partial charge in [-0.2, -0.15) is 8.78 Å². The van der Waals surface area contributed by atoms with Gasteiger partial charge >= 0.3 is 6.61 Å². The highest BCUT2D eigenvalue weighted by Gasteiger charge is 2.11. The van der Waals surface area contributed by atoms with Gasteiger partial charge in [-0.1, -0.05) is 24.6 Å². The van der Waals surface area contributed by atoms with E-state index >= 15 is 0 Å². The van der Waals surface area contributed by atoms with Crippen LogP contribution in [0, 0.1) is 13.8 Å². The molecular formula is C19H26F2N4OS. The molecule has 0 saturated carbocycles. The molecule has 0 radical (unpaired) electrons. The highest BCUT2D eigenvalue weighted by Crippen LogP contribution is 2.22. The van der Waals surface area contributed by atoms with Gasteiger partial charge in [0.15, 0.2) is 5.96 Å². The Bertz CT molecular complexity index is 777. The first-order valence-corrected chi connectivity index (χ1v) is 9.68. The third kappa shape index (κ3) is 6.46. The number of aryl methyl sites for hydroxylation is 3. The predicted molar refractivity (Wildman–Crippen MR) is 106 cm³/mol. The summed E-state index contributed by atoms with van der Waals surface area (Å²) in [4.78, 5) is 10.1. The van der Waals surface area contributed by atoms with Crippen LogP contribution in [-0.4, -0.2) is 31.1 Å². The summed E-state index contributed by atoms with van der Waals surface area (Å²) >= 11 is 1.72. The van der Waals surface area contributed by atoms with Crippen LogP contribution >= 0.6 is 11.3 Å². The molecular weight excluding hydrogens is 370 g/mol. The number of aliphatic imine (C=N–C) groups is 1.